The Hall–Kier alpha value is -2.34. The number of hydrogen-bond donors (Lipinski definition) is 0. The Bertz CT molecular complexity index is 652. The fourth-order valence-corrected chi connectivity index (χ4v) is 2.80. The van der Waals surface area contributed by atoms with Crippen LogP contribution in [0.15, 0.2) is 30.6 Å². The quantitative estimate of drug-likeness (QED) is 0.807. The largest absolute Gasteiger partial charge is 0.372 e. The lowest BCUT2D eigenvalue weighted by Gasteiger charge is -2.37. The summed E-state index contributed by atoms with van der Waals surface area (Å²) in [5.41, 5.74) is 2.85. The second kappa shape index (κ2) is 6.19. The van der Waals surface area contributed by atoms with Crippen molar-refractivity contribution in [3.05, 3.63) is 36.3 Å². The van der Waals surface area contributed by atoms with E-state index in [-0.39, 0.29) is 12.2 Å². The average Bonchev–Trinajstić information content (AvgIpc) is 2.54. The molecule has 1 fully saturated rings. The van der Waals surface area contributed by atoms with Crippen LogP contribution in [0.1, 0.15) is 24.3 Å². The lowest BCUT2D eigenvalue weighted by Crippen LogP contribution is -2.45. The van der Waals surface area contributed by atoms with E-state index in [4.69, 9.17) is 4.74 Å². The third kappa shape index (κ3) is 2.96. The zero-order chi connectivity index (χ0) is 15.5. The van der Waals surface area contributed by atoms with Crippen molar-refractivity contribution in [1.82, 2.24) is 15.2 Å². The molecule has 6 nitrogen and oxygen atoms in total. The molecule has 1 saturated heterocycles. The lowest BCUT2D eigenvalue weighted by molar-refractivity contribution is -0.00527. The zero-order valence-corrected chi connectivity index (χ0v) is 12.6. The molecule has 0 unspecified atom stereocenters. The summed E-state index contributed by atoms with van der Waals surface area (Å²) in [4.78, 5) is 18.1. The average molecular weight is 298 g/mol. The maximum Gasteiger partial charge on any atom is 0.170 e. The Balaban J connectivity index is 1.94. The van der Waals surface area contributed by atoms with E-state index >= 15 is 0 Å². The molecule has 2 atom stereocenters. The van der Waals surface area contributed by atoms with E-state index in [0.29, 0.717) is 5.69 Å². The molecule has 3 rings (SSSR count). The van der Waals surface area contributed by atoms with Crippen LogP contribution in [-0.2, 0) is 4.74 Å². The van der Waals surface area contributed by atoms with Gasteiger partial charge in [0.05, 0.1) is 36.0 Å². The number of anilines is 1. The van der Waals surface area contributed by atoms with Gasteiger partial charge in [0.25, 0.3) is 0 Å². The minimum absolute atomic E-state index is 0.132. The number of morpholine rings is 1. The van der Waals surface area contributed by atoms with Gasteiger partial charge in [0.15, 0.2) is 6.29 Å². The smallest absolute Gasteiger partial charge is 0.170 e. The highest BCUT2D eigenvalue weighted by Gasteiger charge is 2.24. The van der Waals surface area contributed by atoms with Crippen molar-refractivity contribution >= 4 is 12.0 Å². The van der Waals surface area contributed by atoms with Gasteiger partial charge in [0, 0.05) is 18.7 Å². The maximum atomic E-state index is 11.5. The Kier molecular flexibility index (Phi) is 4.11. The number of hydrogen-bond acceptors (Lipinski definition) is 6. The van der Waals surface area contributed by atoms with Gasteiger partial charge in [-0.25, -0.2) is 4.98 Å². The number of aldehydes is 1. The van der Waals surface area contributed by atoms with Crippen LogP contribution in [0.4, 0.5) is 5.69 Å². The monoisotopic (exact) mass is 298 g/mol. The minimum atomic E-state index is 0.132. The number of pyridine rings is 1. The Morgan fingerprint density at radius 3 is 2.59 bits per heavy atom. The van der Waals surface area contributed by atoms with E-state index in [0.717, 1.165) is 36.3 Å². The first-order valence-corrected chi connectivity index (χ1v) is 7.31. The molecule has 1 aliphatic rings. The Morgan fingerprint density at radius 1 is 1.18 bits per heavy atom. The van der Waals surface area contributed by atoms with Crippen LogP contribution in [0, 0.1) is 0 Å². The van der Waals surface area contributed by atoms with E-state index in [2.05, 4.69) is 20.1 Å². The van der Waals surface area contributed by atoms with Gasteiger partial charge in [0.2, 0.25) is 0 Å². The third-order valence-electron chi connectivity index (χ3n) is 3.65. The highest BCUT2D eigenvalue weighted by Crippen LogP contribution is 2.25. The first-order chi connectivity index (χ1) is 10.7. The summed E-state index contributed by atoms with van der Waals surface area (Å²) >= 11 is 0. The van der Waals surface area contributed by atoms with Crippen molar-refractivity contribution in [2.24, 2.45) is 0 Å². The predicted molar refractivity (Wildman–Crippen MR) is 82.9 cm³/mol. The summed E-state index contributed by atoms with van der Waals surface area (Å²) in [6.07, 6.45) is 4.31. The number of carbonyl (C=O) groups excluding carboxylic acids is 1. The molecule has 2 aromatic rings. The fraction of sp³-hybridized carbons (Fsp3) is 0.375. The second-order valence-electron chi connectivity index (χ2n) is 5.51. The molecule has 3 heterocycles. The van der Waals surface area contributed by atoms with E-state index in [9.17, 15) is 4.79 Å². The Morgan fingerprint density at radius 2 is 1.95 bits per heavy atom. The highest BCUT2D eigenvalue weighted by atomic mass is 16.5. The van der Waals surface area contributed by atoms with Crippen molar-refractivity contribution in [2.45, 2.75) is 26.1 Å². The standard InChI is InChI=1S/C16H18N4O2/c1-11-8-20(9-12(2)22-11)16-4-3-14(19-15(16)10-21)13-5-6-17-18-7-13/h3-7,10-12H,8-9H2,1-2H3/t11-,12+. The summed E-state index contributed by atoms with van der Waals surface area (Å²) in [5, 5.41) is 7.60. The summed E-state index contributed by atoms with van der Waals surface area (Å²) < 4.78 is 5.74. The SMILES string of the molecule is C[C@@H]1CN(c2ccc(-c3ccnnc3)nc2C=O)C[C@H](C)O1. The van der Waals surface area contributed by atoms with Crippen molar-refractivity contribution < 1.29 is 9.53 Å². The van der Waals surface area contributed by atoms with E-state index in [1.54, 1.807) is 12.4 Å². The number of carbonyl (C=O) groups is 1. The first kappa shape index (κ1) is 14.6. The molecule has 0 radical (unpaired) electrons. The molecule has 2 aromatic heterocycles. The molecular weight excluding hydrogens is 280 g/mol. The molecule has 6 heteroatoms. The van der Waals surface area contributed by atoms with Crippen molar-refractivity contribution in [3.63, 3.8) is 0 Å². The van der Waals surface area contributed by atoms with Gasteiger partial charge in [-0.05, 0) is 32.0 Å². The van der Waals surface area contributed by atoms with Crippen LogP contribution in [0.3, 0.4) is 0 Å². The number of nitrogens with zero attached hydrogens (tertiary/aromatic N) is 4. The van der Waals surface area contributed by atoms with Crippen molar-refractivity contribution in [2.75, 3.05) is 18.0 Å². The predicted octanol–water partition coefficient (Wildman–Crippen LogP) is 1.96. The van der Waals surface area contributed by atoms with Crippen molar-refractivity contribution in [1.29, 1.82) is 0 Å². The van der Waals surface area contributed by atoms with Crippen LogP contribution >= 0.6 is 0 Å². The van der Waals surface area contributed by atoms with Gasteiger partial charge in [0.1, 0.15) is 5.69 Å². The number of rotatable bonds is 3. The molecule has 114 valence electrons. The van der Waals surface area contributed by atoms with Crippen molar-refractivity contribution in [3.8, 4) is 11.3 Å². The molecular formula is C16H18N4O2. The summed E-state index contributed by atoms with van der Waals surface area (Å²) in [6.45, 7) is 5.58. The lowest BCUT2D eigenvalue weighted by atomic mass is 10.1. The van der Waals surface area contributed by atoms with Gasteiger partial charge in [-0.3, -0.25) is 4.79 Å². The van der Waals surface area contributed by atoms with E-state index in [1.807, 2.05) is 32.0 Å². The molecule has 0 N–H and O–H groups in total. The van der Waals surface area contributed by atoms with Crippen LogP contribution in [-0.4, -0.2) is 46.8 Å². The molecule has 0 saturated carbocycles. The normalized spacial score (nSPS) is 21.6. The van der Waals surface area contributed by atoms with Crippen LogP contribution in [0.5, 0.6) is 0 Å². The molecule has 0 aliphatic carbocycles. The summed E-state index contributed by atoms with van der Waals surface area (Å²) in [5.74, 6) is 0. The van der Waals surface area contributed by atoms with Crippen LogP contribution in [0.2, 0.25) is 0 Å². The van der Waals surface area contributed by atoms with E-state index < -0.39 is 0 Å². The van der Waals surface area contributed by atoms with Gasteiger partial charge >= 0.3 is 0 Å². The summed E-state index contributed by atoms with van der Waals surface area (Å²) in [7, 11) is 0. The third-order valence-corrected chi connectivity index (χ3v) is 3.65. The molecule has 22 heavy (non-hydrogen) atoms. The number of ether oxygens (including phenoxy) is 1. The molecule has 0 amide bonds. The fourth-order valence-electron chi connectivity index (χ4n) is 2.80. The summed E-state index contributed by atoms with van der Waals surface area (Å²) in [6, 6.07) is 5.67. The number of aromatic nitrogens is 3. The topological polar surface area (TPSA) is 68.2 Å². The van der Waals surface area contributed by atoms with Crippen LogP contribution < -0.4 is 4.90 Å². The van der Waals surface area contributed by atoms with Gasteiger partial charge < -0.3 is 9.64 Å². The van der Waals surface area contributed by atoms with Gasteiger partial charge in [-0.2, -0.15) is 10.2 Å². The Labute approximate surface area is 129 Å². The first-order valence-electron chi connectivity index (χ1n) is 7.31. The van der Waals surface area contributed by atoms with Gasteiger partial charge in [-0.1, -0.05) is 0 Å². The van der Waals surface area contributed by atoms with Gasteiger partial charge in [-0.15, -0.1) is 0 Å². The second-order valence-corrected chi connectivity index (χ2v) is 5.51. The molecule has 0 aromatic carbocycles. The zero-order valence-electron chi connectivity index (χ0n) is 12.6. The molecule has 1 aliphatic heterocycles. The van der Waals surface area contributed by atoms with E-state index in [1.165, 1.54) is 0 Å². The molecule has 0 spiro atoms. The maximum absolute atomic E-state index is 11.5. The van der Waals surface area contributed by atoms with Crippen LogP contribution in [0.25, 0.3) is 11.3 Å². The highest BCUT2D eigenvalue weighted by molar-refractivity contribution is 5.83. The minimum Gasteiger partial charge on any atom is -0.372 e. The molecule has 0 bridgehead atoms.